The van der Waals surface area contributed by atoms with Gasteiger partial charge < -0.3 is 14.6 Å². The van der Waals surface area contributed by atoms with Crippen LogP contribution in [0.3, 0.4) is 0 Å². The van der Waals surface area contributed by atoms with Crippen LogP contribution < -0.4 is 15.6 Å². The average molecular weight is 391 g/mol. The van der Waals surface area contributed by atoms with Crippen LogP contribution >= 0.6 is 0 Å². The summed E-state index contributed by atoms with van der Waals surface area (Å²) >= 11 is 0. The fourth-order valence-electron chi connectivity index (χ4n) is 3.51. The predicted octanol–water partition coefficient (Wildman–Crippen LogP) is 2.40. The van der Waals surface area contributed by atoms with Gasteiger partial charge in [-0.3, -0.25) is 14.3 Å². The molecule has 0 saturated heterocycles. The highest BCUT2D eigenvalue weighted by Crippen LogP contribution is 2.21. The molecule has 5 rings (SSSR count). The van der Waals surface area contributed by atoms with E-state index in [2.05, 4.69) is 19.9 Å². The van der Waals surface area contributed by atoms with Crippen LogP contribution in [0.4, 0.5) is 4.39 Å². The molecule has 1 aromatic carbocycles. The van der Waals surface area contributed by atoms with Gasteiger partial charge >= 0.3 is 0 Å². The van der Waals surface area contributed by atoms with Crippen LogP contribution in [0.5, 0.6) is 5.75 Å². The Morgan fingerprint density at radius 1 is 1.17 bits per heavy atom. The van der Waals surface area contributed by atoms with Gasteiger partial charge in [0.1, 0.15) is 24.0 Å². The van der Waals surface area contributed by atoms with Gasteiger partial charge in [0.05, 0.1) is 35.2 Å². The number of hydrogen-bond acceptors (Lipinski definition) is 5. The summed E-state index contributed by atoms with van der Waals surface area (Å²) in [6, 6.07) is 11.9. The second kappa shape index (κ2) is 7.14. The molecule has 4 aromatic rings. The van der Waals surface area contributed by atoms with Gasteiger partial charge in [-0.05, 0) is 36.4 Å². The number of nitrogens with one attached hydrogen (secondary N) is 1. The molecule has 8 heteroatoms. The number of imidazole rings is 1. The molecular weight excluding hydrogens is 373 g/mol. The summed E-state index contributed by atoms with van der Waals surface area (Å²) < 4.78 is 22.3. The molecule has 0 atom stereocenters. The molecule has 146 valence electrons. The van der Waals surface area contributed by atoms with E-state index in [1.165, 1.54) is 12.1 Å². The van der Waals surface area contributed by atoms with Gasteiger partial charge in [0.2, 0.25) is 0 Å². The van der Waals surface area contributed by atoms with Gasteiger partial charge in [-0.25, -0.2) is 9.37 Å². The van der Waals surface area contributed by atoms with E-state index in [4.69, 9.17) is 4.74 Å². The van der Waals surface area contributed by atoms with E-state index in [-0.39, 0.29) is 12.2 Å². The summed E-state index contributed by atoms with van der Waals surface area (Å²) in [4.78, 5) is 21.2. The Kier molecular flexibility index (Phi) is 4.33. The van der Waals surface area contributed by atoms with Crippen molar-refractivity contribution >= 4 is 11.0 Å². The van der Waals surface area contributed by atoms with E-state index in [0.29, 0.717) is 11.4 Å². The van der Waals surface area contributed by atoms with E-state index in [9.17, 15) is 9.18 Å². The van der Waals surface area contributed by atoms with Crippen molar-refractivity contribution in [3.05, 3.63) is 82.5 Å². The van der Waals surface area contributed by atoms with Crippen molar-refractivity contribution < 1.29 is 9.13 Å². The summed E-state index contributed by atoms with van der Waals surface area (Å²) in [5.41, 5.74) is 3.07. The summed E-state index contributed by atoms with van der Waals surface area (Å²) in [5.74, 6) is 1.04. The Bertz CT molecular complexity index is 1250. The van der Waals surface area contributed by atoms with Crippen molar-refractivity contribution in [2.75, 3.05) is 6.54 Å². The molecular formula is C21H18FN5O2. The molecule has 4 heterocycles. The monoisotopic (exact) mass is 391 g/mol. The fraction of sp³-hybridized carbons (Fsp3) is 0.190. The normalized spacial score (nSPS) is 13.4. The first-order valence-electron chi connectivity index (χ1n) is 9.33. The molecule has 0 saturated carbocycles. The first-order valence-corrected chi connectivity index (χ1v) is 9.33. The highest BCUT2D eigenvalue weighted by Gasteiger charge is 2.14. The number of nitrogens with zero attached hydrogens (tertiary/aromatic N) is 4. The molecule has 29 heavy (non-hydrogen) atoms. The number of fused-ring (bicyclic) bond motifs is 3. The number of pyridine rings is 2. The maximum absolute atomic E-state index is 12.9. The van der Waals surface area contributed by atoms with Gasteiger partial charge in [-0.15, -0.1) is 0 Å². The summed E-state index contributed by atoms with van der Waals surface area (Å²) in [6.45, 7) is 2.72. The van der Waals surface area contributed by atoms with Gasteiger partial charge in [-0.2, -0.15) is 0 Å². The SMILES string of the molecule is O=c1cc(OCc2ccc(F)cn2)ccn1-c1ccc2c(c1)nc1n2CCNC1. The lowest BCUT2D eigenvalue weighted by atomic mass is 10.2. The van der Waals surface area contributed by atoms with E-state index in [0.717, 1.165) is 48.4 Å². The van der Waals surface area contributed by atoms with E-state index in [1.807, 2.05) is 18.2 Å². The standard InChI is InChI=1S/C21H18FN5O2/c22-14-1-2-15(24-11-14)13-29-17-5-7-26(21(28)10-17)16-3-4-19-18(9-16)25-20-12-23-6-8-27(19)20/h1-5,7,9-11,23H,6,8,12-13H2. The number of rotatable bonds is 4. The summed E-state index contributed by atoms with van der Waals surface area (Å²) in [6.07, 6.45) is 2.81. The number of ether oxygens (including phenoxy) is 1. The Morgan fingerprint density at radius 3 is 2.93 bits per heavy atom. The molecule has 0 amide bonds. The lowest BCUT2D eigenvalue weighted by Gasteiger charge is -2.15. The topological polar surface area (TPSA) is 74.0 Å². The van der Waals surface area contributed by atoms with Crippen molar-refractivity contribution in [3.63, 3.8) is 0 Å². The Morgan fingerprint density at radius 2 is 2.10 bits per heavy atom. The minimum Gasteiger partial charge on any atom is -0.487 e. The quantitative estimate of drug-likeness (QED) is 0.578. The molecule has 3 aromatic heterocycles. The number of hydrogen-bond donors (Lipinski definition) is 1. The number of aromatic nitrogens is 4. The molecule has 0 fully saturated rings. The fourth-order valence-corrected chi connectivity index (χ4v) is 3.51. The van der Waals surface area contributed by atoms with E-state index < -0.39 is 5.82 Å². The van der Waals surface area contributed by atoms with Crippen molar-refractivity contribution in [2.24, 2.45) is 0 Å². The first-order chi connectivity index (χ1) is 14.2. The van der Waals surface area contributed by atoms with Crippen LogP contribution in [0.1, 0.15) is 11.5 Å². The lowest BCUT2D eigenvalue weighted by molar-refractivity contribution is 0.300. The Balaban J connectivity index is 1.39. The molecule has 0 spiro atoms. The van der Waals surface area contributed by atoms with Crippen molar-refractivity contribution in [1.82, 2.24) is 24.4 Å². The van der Waals surface area contributed by atoms with Gasteiger partial charge in [0, 0.05) is 25.4 Å². The third-order valence-corrected chi connectivity index (χ3v) is 4.95. The van der Waals surface area contributed by atoms with Gasteiger partial charge in [0.25, 0.3) is 5.56 Å². The van der Waals surface area contributed by atoms with Crippen LogP contribution in [0.2, 0.25) is 0 Å². The lowest BCUT2D eigenvalue weighted by Crippen LogP contribution is -2.28. The minimum absolute atomic E-state index is 0.157. The van der Waals surface area contributed by atoms with Crippen molar-refractivity contribution in [1.29, 1.82) is 0 Å². The second-order valence-electron chi connectivity index (χ2n) is 6.86. The maximum atomic E-state index is 12.9. The molecule has 0 bridgehead atoms. The summed E-state index contributed by atoms with van der Waals surface area (Å²) in [5, 5.41) is 3.31. The second-order valence-corrected chi connectivity index (χ2v) is 6.86. The zero-order valence-corrected chi connectivity index (χ0v) is 15.5. The number of halogens is 1. The molecule has 1 aliphatic rings. The molecule has 0 radical (unpaired) electrons. The average Bonchev–Trinajstić information content (AvgIpc) is 3.11. The van der Waals surface area contributed by atoms with E-state index in [1.54, 1.807) is 22.9 Å². The van der Waals surface area contributed by atoms with Gasteiger partial charge in [-0.1, -0.05) is 0 Å². The molecule has 0 aliphatic carbocycles. The van der Waals surface area contributed by atoms with Crippen LogP contribution in [-0.4, -0.2) is 25.6 Å². The van der Waals surface area contributed by atoms with Crippen molar-refractivity contribution in [2.45, 2.75) is 19.7 Å². The zero-order valence-electron chi connectivity index (χ0n) is 15.5. The molecule has 1 aliphatic heterocycles. The van der Waals surface area contributed by atoms with Crippen LogP contribution in [-0.2, 0) is 19.7 Å². The third-order valence-electron chi connectivity index (χ3n) is 4.95. The van der Waals surface area contributed by atoms with Crippen LogP contribution in [0.25, 0.3) is 16.7 Å². The Labute approximate surface area is 165 Å². The highest BCUT2D eigenvalue weighted by molar-refractivity contribution is 5.78. The highest BCUT2D eigenvalue weighted by atomic mass is 19.1. The zero-order chi connectivity index (χ0) is 19.8. The van der Waals surface area contributed by atoms with Gasteiger partial charge in [0.15, 0.2) is 0 Å². The number of benzene rings is 1. The van der Waals surface area contributed by atoms with Crippen LogP contribution in [0, 0.1) is 5.82 Å². The molecule has 1 N–H and O–H groups in total. The Hall–Kier alpha value is -3.52. The largest absolute Gasteiger partial charge is 0.487 e. The molecule has 7 nitrogen and oxygen atoms in total. The van der Waals surface area contributed by atoms with Crippen molar-refractivity contribution in [3.8, 4) is 11.4 Å². The predicted molar refractivity (Wildman–Crippen MR) is 106 cm³/mol. The summed E-state index contributed by atoms with van der Waals surface area (Å²) in [7, 11) is 0. The third kappa shape index (κ3) is 3.38. The minimum atomic E-state index is -0.400. The molecule has 0 unspecified atom stereocenters. The maximum Gasteiger partial charge on any atom is 0.258 e. The smallest absolute Gasteiger partial charge is 0.258 e. The van der Waals surface area contributed by atoms with Crippen LogP contribution in [0.15, 0.2) is 59.7 Å². The van der Waals surface area contributed by atoms with E-state index >= 15 is 0 Å². The first kappa shape index (κ1) is 17.6.